The van der Waals surface area contributed by atoms with E-state index in [9.17, 15) is 13.2 Å². The lowest BCUT2D eigenvalue weighted by Gasteiger charge is -2.13. The van der Waals surface area contributed by atoms with Gasteiger partial charge < -0.3 is 16.8 Å². The Kier molecular flexibility index (Phi) is 5.79. The molecule has 0 unspecified atom stereocenters. The Balaban J connectivity index is 1.37. The Morgan fingerprint density at radius 1 is 0.968 bits per heavy atom. The zero-order valence-electron chi connectivity index (χ0n) is 16.4. The molecular weight excluding hydrogens is 423 g/mol. The SMILES string of the molecule is Nc1cc2cc(-c3cnc(NC[C@@H](N)Cc4ccc(C(F)(F)F)cc4)s3)ccc2cn1. The monoisotopic (exact) mass is 443 g/mol. The number of nitrogens with one attached hydrogen (secondary N) is 1. The molecule has 2 aromatic carbocycles. The van der Waals surface area contributed by atoms with Crippen molar-refractivity contribution in [2.24, 2.45) is 5.73 Å². The average Bonchev–Trinajstić information content (AvgIpc) is 3.20. The van der Waals surface area contributed by atoms with Crippen molar-refractivity contribution in [3.05, 3.63) is 72.1 Å². The van der Waals surface area contributed by atoms with Crippen molar-refractivity contribution in [3.8, 4) is 10.4 Å². The lowest BCUT2D eigenvalue weighted by atomic mass is 10.0. The van der Waals surface area contributed by atoms with Gasteiger partial charge in [-0.05, 0) is 47.2 Å². The van der Waals surface area contributed by atoms with Crippen LogP contribution in [-0.4, -0.2) is 22.6 Å². The minimum Gasteiger partial charge on any atom is -0.384 e. The molecule has 0 aliphatic heterocycles. The maximum absolute atomic E-state index is 12.7. The Morgan fingerprint density at radius 2 is 1.74 bits per heavy atom. The van der Waals surface area contributed by atoms with Crippen LogP contribution in [0.1, 0.15) is 11.1 Å². The number of nitrogen functional groups attached to an aromatic ring is 1. The van der Waals surface area contributed by atoms with E-state index in [-0.39, 0.29) is 6.04 Å². The fourth-order valence-corrected chi connectivity index (χ4v) is 4.04. The summed E-state index contributed by atoms with van der Waals surface area (Å²) in [5, 5.41) is 5.95. The van der Waals surface area contributed by atoms with Gasteiger partial charge >= 0.3 is 6.18 Å². The van der Waals surface area contributed by atoms with Crippen LogP contribution in [0.3, 0.4) is 0 Å². The standard InChI is InChI=1S/C22H20F3N5S/c23-22(24,25)17-5-1-13(2-6-17)7-18(26)11-29-21-30-12-19(31-21)14-3-4-15-10-28-20(27)9-16(15)8-14/h1-6,8-10,12,18H,7,11,26H2,(H2,27,28)(H,29,30)/t18-/m0/s1. The van der Waals surface area contributed by atoms with Crippen LogP contribution in [0, 0.1) is 0 Å². The second-order valence-corrected chi connectivity index (χ2v) is 8.27. The summed E-state index contributed by atoms with van der Waals surface area (Å²) in [5.74, 6) is 0.471. The third-order valence-corrected chi connectivity index (χ3v) is 5.83. The predicted molar refractivity (Wildman–Crippen MR) is 119 cm³/mol. The Hall–Kier alpha value is -3.17. The maximum Gasteiger partial charge on any atom is 0.416 e. The van der Waals surface area contributed by atoms with Gasteiger partial charge in [0, 0.05) is 30.4 Å². The first-order valence-corrected chi connectivity index (χ1v) is 10.4. The number of hydrogen-bond donors (Lipinski definition) is 3. The number of anilines is 2. The molecule has 0 fully saturated rings. The van der Waals surface area contributed by atoms with Crippen LogP contribution < -0.4 is 16.8 Å². The summed E-state index contributed by atoms with van der Waals surface area (Å²) in [6.45, 7) is 0.452. The summed E-state index contributed by atoms with van der Waals surface area (Å²) < 4.78 is 38.0. The molecule has 2 heterocycles. The second kappa shape index (κ2) is 8.52. The molecule has 0 aliphatic rings. The van der Waals surface area contributed by atoms with E-state index in [1.165, 1.54) is 23.5 Å². The van der Waals surface area contributed by atoms with Crippen LogP contribution in [0.2, 0.25) is 0 Å². The van der Waals surface area contributed by atoms with Crippen molar-refractivity contribution in [1.29, 1.82) is 0 Å². The van der Waals surface area contributed by atoms with E-state index in [2.05, 4.69) is 15.3 Å². The zero-order valence-corrected chi connectivity index (χ0v) is 17.2. The summed E-state index contributed by atoms with van der Waals surface area (Å²) in [5.41, 5.74) is 13.0. The molecule has 2 aromatic heterocycles. The van der Waals surface area contributed by atoms with Crippen LogP contribution in [0.15, 0.2) is 60.9 Å². The molecule has 0 aliphatic carbocycles. The number of nitrogens with two attached hydrogens (primary N) is 2. The zero-order chi connectivity index (χ0) is 22.0. The maximum atomic E-state index is 12.7. The number of halogens is 3. The van der Waals surface area contributed by atoms with Crippen molar-refractivity contribution in [2.75, 3.05) is 17.6 Å². The smallest absolute Gasteiger partial charge is 0.384 e. The summed E-state index contributed by atoms with van der Waals surface area (Å²) >= 11 is 1.50. The largest absolute Gasteiger partial charge is 0.416 e. The average molecular weight is 443 g/mol. The minimum atomic E-state index is -4.33. The quantitative estimate of drug-likeness (QED) is 0.393. The van der Waals surface area contributed by atoms with Crippen LogP contribution in [0.5, 0.6) is 0 Å². The number of alkyl halides is 3. The molecule has 5 nitrogen and oxygen atoms in total. The van der Waals surface area contributed by atoms with E-state index in [0.29, 0.717) is 18.8 Å². The Labute approximate surface area is 180 Å². The van der Waals surface area contributed by atoms with Gasteiger partial charge in [-0.2, -0.15) is 13.2 Å². The number of fused-ring (bicyclic) bond motifs is 1. The van der Waals surface area contributed by atoms with Crippen LogP contribution in [0.4, 0.5) is 24.1 Å². The third-order valence-electron chi connectivity index (χ3n) is 4.83. The number of benzene rings is 2. The molecule has 9 heteroatoms. The summed E-state index contributed by atoms with van der Waals surface area (Å²) in [6.07, 6.45) is -0.338. The van der Waals surface area contributed by atoms with Crippen LogP contribution >= 0.6 is 11.3 Å². The topological polar surface area (TPSA) is 89.8 Å². The Morgan fingerprint density at radius 3 is 2.48 bits per heavy atom. The first kappa shape index (κ1) is 21.1. The third kappa shape index (κ3) is 5.12. The molecule has 4 aromatic rings. The number of nitrogens with zero attached hydrogens (tertiary/aromatic N) is 2. The normalized spacial score (nSPS) is 12.8. The van der Waals surface area contributed by atoms with Gasteiger partial charge in [0.05, 0.1) is 10.4 Å². The highest BCUT2D eigenvalue weighted by Crippen LogP contribution is 2.32. The van der Waals surface area contributed by atoms with E-state index in [1.807, 2.05) is 24.3 Å². The van der Waals surface area contributed by atoms with E-state index in [1.54, 1.807) is 12.4 Å². The fraction of sp³-hybridized carbons (Fsp3) is 0.182. The van der Waals surface area contributed by atoms with E-state index >= 15 is 0 Å². The number of pyridine rings is 1. The van der Waals surface area contributed by atoms with Gasteiger partial charge in [-0.15, -0.1) is 0 Å². The molecule has 1 atom stereocenters. The summed E-state index contributed by atoms with van der Waals surface area (Å²) in [4.78, 5) is 9.49. The minimum absolute atomic E-state index is 0.264. The second-order valence-electron chi connectivity index (χ2n) is 7.24. The van der Waals surface area contributed by atoms with Gasteiger partial charge in [-0.1, -0.05) is 35.6 Å². The molecular formula is C22H20F3N5S. The first-order chi connectivity index (χ1) is 14.8. The highest BCUT2D eigenvalue weighted by molar-refractivity contribution is 7.18. The highest BCUT2D eigenvalue weighted by Gasteiger charge is 2.29. The van der Waals surface area contributed by atoms with Crippen molar-refractivity contribution < 1.29 is 13.2 Å². The van der Waals surface area contributed by atoms with Gasteiger partial charge in [-0.3, -0.25) is 0 Å². The van der Waals surface area contributed by atoms with E-state index in [0.717, 1.165) is 44.0 Å². The van der Waals surface area contributed by atoms with Crippen molar-refractivity contribution in [2.45, 2.75) is 18.6 Å². The molecule has 0 radical (unpaired) electrons. The first-order valence-electron chi connectivity index (χ1n) is 9.55. The molecule has 160 valence electrons. The molecule has 4 rings (SSSR count). The summed E-state index contributed by atoms with van der Waals surface area (Å²) in [6, 6.07) is 12.7. The highest BCUT2D eigenvalue weighted by atomic mass is 32.1. The van der Waals surface area contributed by atoms with Gasteiger partial charge in [0.25, 0.3) is 0 Å². The fourth-order valence-electron chi connectivity index (χ4n) is 3.22. The number of aromatic nitrogens is 2. The lowest BCUT2D eigenvalue weighted by Crippen LogP contribution is -2.31. The van der Waals surface area contributed by atoms with Crippen LogP contribution in [-0.2, 0) is 12.6 Å². The number of hydrogen-bond acceptors (Lipinski definition) is 6. The van der Waals surface area contributed by atoms with Crippen molar-refractivity contribution in [3.63, 3.8) is 0 Å². The van der Waals surface area contributed by atoms with Gasteiger partial charge in [0.1, 0.15) is 5.82 Å². The molecule has 0 saturated heterocycles. The molecule has 0 amide bonds. The van der Waals surface area contributed by atoms with Crippen LogP contribution in [0.25, 0.3) is 21.2 Å². The van der Waals surface area contributed by atoms with Gasteiger partial charge in [0.15, 0.2) is 5.13 Å². The molecule has 0 spiro atoms. The van der Waals surface area contributed by atoms with E-state index < -0.39 is 11.7 Å². The molecule has 5 N–H and O–H groups in total. The van der Waals surface area contributed by atoms with Gasteiger partial charge in [0.2, 0.25) is 0 Å². The van der Waals surface area contributed by atoms with Gasteiger partial charge in [-0.25, -0.2) is 9.97 Å². The Bertz CT molecular complexity index is 1190. The van der Waals surface area contributed by atoms with Crippen molar-refractivity contribution >= 4 is 33.1 Å². The molecule has 0 bridgehead atoms. The molecule has 31 heavy (non-hydrogen) atoms. The molecule has 0 saturated carbocycles. The lowest BCUT2D eigenvalue weighted by molar-refractivity contribution is -0.137. The number of rotatable bonds is 6. The predicted octanol–water partition coefficient (Wildman–Crippen LogP) is 4.94. The number of thiazole rings is 1. The van der Waals surface area contributed by atoms with E-state index in [4.69, 9.17) is 11.5 Å². The van der Waals surface area contributed by atoms with Crippen molar-refractivity contribution in [1.82, 2.24) is 9.97 Å². The summed E-state index contributed by atoms with van der Waals surface area (Å²) in [7, 11) is 0.